The molecule has 0 spiro atoms. The second kappa shape index (κ2) is 6.44. The smallest absolute Gasteiger partial charge is 0.217 e. The normalized spacial score (nSPS) is 15.8. The number of piperidine rings is 1. The molecule has 0 unspecified atom stereocenters. The highest BCUT2D eigenvalue weighted by Crippen LogP contribution is 2.29. The summed E-state index contributed by atoms with van der Waals surface area (Å²) in [6, 6.07) is 6.67. The number of amides is 1. The molecule has 4 nitrogen and oxygen atoms in total. The fourth-order valence-electron chi connectivity index (χ4n) is 2.67. The minimum Gasteiger partial charge on any atom is -0.353 e. The maximum atomic E-state index is 13.0. The Bertz CT molecular complexity index is 648. The third kappa shape index (κ3) is 3.44. The zero-order chi connectivity index (χ0) is 15.5. The predicted octanol–water partition coefficient (Wildman–Crippen LogP) is 3.05. The van der Waals surface area contributed by atoms with Gasteiger partial charge in [-0.15, -0.1) is 11.3 Å². The molecular formula is C16H18FN3OS. The van der Waals surface area contributed by atoms with Crippen LogP contribution in [0.25, 0.3) is 11.3 Å². The Morgan fingerprint density at radius 2 is 2.00 bits per heavy atom. The van der Waals surface area contributed by atoms with Gasteiger partial charge in [-0.1, -0.05) is 0 Å². The van der Waals surface area contributed by atoms with E-state index in [0.717, 1.165) is 42.3 Å². The molecule has 0 aliphatic carbocycles. The number of nitrogens with one attached hydrogen (secondary N) is 1. The quantitative estimate of drug-likeness (QED) is 0.946. The van der Waals surface area contributed by atoms with Gasteiger partial charge in [0.2, 0.25) is 5.91 Å². The number of anilines is 1. The van der Waals surface area contributed by atoms with Crippen LogP contribution in [0.15, 0.2) is 29.6 Å². The average molecular weight is 319 g/mol. The van der Waals surface area contributed by atoms with E-state index in [2.05, 4.69) is 15.2 Å². The Morgan fingerprint density at radius 3 is 2.64 bits per heavy atom. The van der Waals surface area contributed by atoms with E-state index in [0.29, 0.717) is 0 Å². The van der Waals surface area contributed by atoms with E-state index in [-0.39, 0.29) is 17.8 Å². The molecule has 0 radical (unpaired) electrons. The second-order valence-electron chi connectivity index (χ2n) is 5.48. The van der Waals surface area contributed by atoms with Crippen LogP contribution in [0.3, 0.4) is 0 Å². The van der Waals surface area contributed by atoms with Crippen LogP contribution in [-0.4, -0.2) is 30.0 Å². The van der Waals surface area contributed by atoms with Crippen LogP contribution in [0.5, 0.6) is 0 Å². The van der Waals surface area contributed by atoms with Crippen molar-refractivity contribution < 1.29 is 9.18 Å². The molecule has 0 atom stereocenters. The van der Waals surface area contributed by atoms with Gasteiger partial charge in [-0.2, -0.15) is 0 Å². The summed E-state index contributed by atoms with van der Waals surface area (Å²) in [6.07, 6.45) is 1.87. The summed E-state index contributed by atoms with van der Waals surface area (Å²) >= 11 is 1.60. The fourth-order valence-corrected chi connectivity index (χ4v) is 3.55. The Labute approximate surface area is 133 Å². The van der Waals surface area contributed by atoms with E-state index in [1.54, 1.807) is 30.4 Å². The lowest BCUT2D eigenvalue weighted by molar-refractivity contribution is -0.119. The van der Waals surface area contributed by atoms with Crippen LogP contribution in [0.4, 0.5) is 9.52 Å². The lowest BCUT2D eigenvalue weighted by Gasteiger charge is -2.31. The second-order valence-corrected chi connectivity index (χ2v) is 6.32. The predicted molar refractivity (Wildman–Crippen MR) is 86.6 cm³/mol. The van der Waals surface area contributed by atoms with E-state index in [4.69, 9.17) is 0 Å². The summed E-state index contributed by atoms with van der Waals surface area (Å²) in [7, 11) is 0. The van der Waals surface area contributed by atoms with Gasteiger partial charge < -0.3 is 10.2 Å². The van der Waals surface area contributed by atoms with Crippen LogP contribution >= 0.6 is 11.3 Å². The van der Waals surface area contributed by atoms with E-state index in [1.165, 1.54) is 12.1 Å². The molecule has 1 aromatic carbocycles. The first-order chi connectivity index (χ1) is 10.6. The molecule has 1 saturated heterocycles. The monoisotopic (exact) mass is 319 g/mol. The summed E-state index contributed by atoms with van der Waals surface area (Å²) in [5, 5.41) is 5.96. The molecule has 1 fully saturated rings. The number of halogens is 1. The van der Waals surface area contributed by atoms with E-state index in [1.807, 2.05) is 5.38 Å². The molecule has 0 bridgehead atoms. The molecular weight excluding hydrogens is 301 g/mol. The third-order valence-corrected chi connectivity index (χ3v) is 4.71. The Balaban J connectivity index is 1.65. The maximum Gasteiger partial charge on any atom is 0.217 e. The van der Waals surface area contributed by atoms with Crippen molar-refractivity contribution in [2.75, 3.05) is 18.0 Å². The number of aromatic nitrogens is 1. The average Bonchev–Trinajstić information content (AvgIpc) is 2.98. The fraction of sp³-hybridized carbons (Fsp3) is 0.375. The summed E-state index contributed by atoms with van der Waals surface area (Å²) in [5.74, 6) is -0.203. The molecule has 2 heterocycles. The zero-order valence-electron chi connectivity index (χ0n) is 12.4. The Hall–Kier alpha value is -1.95. The first kappa shape index (κ1) is 15.0. The lowest BCUT2D eigenvalue weighted by Crippen LogP contribution is -2.44. The van der Waals surface area contributed by atoms with E-state index >= 15 is 0 Å². The number of nitrogens with zero attached hydrogens (tertiary/aromatic N) is 2. The van der Waals surface area contributed by atoms with Crippen molar-refractivity contribution in [1.29, 1.82) is 0 Å². The summed E-state index contributed by atoms with van der Waals surface area (Å²) in [6.45, 7) is 3.34. The van der Waals surface area contributed by atoms with Gasteiger partial charge in [0.15, 0.2) is 5.13 Å². The highest BCUT2D eigenvalue weighted by atomic mass is 32.1. The molecule has 1 aliphatic rings. The first-order valence-electron chi connectivity index (χ1n) is 7.35. The van der Waals surface area contributed by atoms with Crippen LogP contribution in [-0.2, 0) is 4.79 Å². The number of carbonyl (C=O) groups excluding carboxylic acids is 1. The van der Waals surface area contributed by atoms with Gasteiger partial charge in [0.05, 0.1) is 5.69 Å². The maximum absolute atomic E-state index is 13.0. The molecule has 1 amide bonds. The lowest BCUT2D eigenvalue weighted by atomic mass is 10.1. The largest absolute Gasteiger partial charge is 0.353 e. The molecule has 116 valence electrons. The molecule has 22 heavy (non-hydrogen) atoms. The molecule has 6 heteroatoms. The van der Waals surface area contributed by atoms with Crippen LogP contribution in [0.1, 0.15) is 19.8 Å². The van der Waals surface area contributed by atoms with Crippen LogP contribution < -0.4 is 10.2 Å². The number of hydrogen-bond acceptors (Lipinski definition) is 4. The number of rotatable bonds is 3. The van der Waals surface area contributed by atoms with Gasteiger partial charge in [-0.3, -0.25) is 4.79 Å². The van der Waals surface area contributed by atoms with Crippen molar-refractivity contribution in [3.05, 3.63) is 35.5 Å². The third-order valence-electron chi connectivity index (χ3n) is 3.80. The van der Waals surface area contributed by atoms with Crippen LogP contribution in [0.2, 0.25) is 0 Å². The van der Waals surface area contributed by atoms with Gasteiger partial charge in [0, 0.05) is 37.0 Å². The van der Waals surface area contributed by atoms with Crippen molar-refractivity contribution in [3.63, 3.8) is 0 Å². The molecule has 1 aliphatic heterocycles. The van der Waals surface area contributed by atoms with Crippen LogP contribution in [0, 0.1) is 5.82 Å². The van der Waals surface area contributed by atoms with Gasteiger partial charge in [-0.25, -0.2) is 9.37 Å². The van der Waals surface area contributed by atoms with Gasteiger partial charge >= 0.3 is 0 Å². The molecule has 3 rings (SSSR count). The topological polar surface area (TPSA) is 45.2 Å². The summed E-state index contributed by atoms with van der Waals surface area (Å²) < 4.78 is 13.0. The van der Waals surface area contributed by atoms with E-state index < -0.39 is 0 Å². The van der Waals surface area contributed by atoms with Crippen molar-refractivity contribution in [2.45, 2.75) is 25.8 Å². The number of benzene rings is 1. The minimum atomic E-state index is -0.237. The molecule has 1 N–H and O–H groups in total. The number of hydrogen-bond donors (Lipinski definition) is 1. The minimum absolute atomic E-state index is 0.0336. The Morgan fingerprint density at radius 1 is 1.32 bits per heavy atom. The van der Waals surface area contributed by atoms with Gasteiger partial charge in [0.25, 0.3) is 0 Å². The first-order valence-corrected chi connectivity index (χ1v) is 8.23. The summed E-state index contributed by atoms with van der Waals surface area (Å²) in [4.78, 5) is 18.0. The van der Waals surface area contributed by atoms with Crippen molar-refractivity contribution >= 4 is 22.4 Å². The highest BCUT2D eigenvalue weighted by molar-refractivity contribution is 7.14. The highest BCUT2D eigenvalue weighted by Gasteiger charge is 2.21. The zero-order valence-corrected chi connectivity index (χ0v) is 13.2. The van der Waals surface area contributed by atoms with Gasteiger partial charge in [-0.05, 0) is 37.1 Å². The van der Waals surface area contributed by atoms with Crippen molar-refractivity contribution in [1.82, 2.24) is 10.3 Å². The van der Waals surface area contributed by atoms with Crippen molar-refractivity contribution in [2.24, 2.45) is 0 Å². The summed E-state index contributed by atoms with van der Waals surface area (Å²) in [5.41, 5.74) is 1.81. The molecule has 1 aromatic heterocycles. The molecule has 0 saturated carbocycles. The van der Waals surface area contributed by atoms with E-state index in [9.17, 15) is 9.18 Å². The van der Waals surface area contributed by atoms with Crippen molar-refractivity contribution in [3.8, 4) is 11.3 Å². The standard InChI is InChI=1S/C16H18FN3OS/c1-11(21)18-14-6-8-20(9-7-14)16-19-15(10-22-16)12-2-4-13(17)5-3-12/h2-5,10,14H,6-9H2,1H3,(H,18,21). The SMILES string of the molecule is CC(=O)NC1CCN(c2nc(-c3ccc(F)cc3)cs2)CC1. The number of thiazole rings is 1. The number of carbonyl (C=O) groups is 1. The molecule has 2 aromatic rings. The Kier molecular flexibility index (Phi) is 4.38. The van der Waals surface area contributed by atoms with Gasteiger partial charge in [0.1, 0.15) is 5.82 Å².